The first-order chi connectivity index (χ1) is 12.6. The van der Waals surface area contributed by atoms with Gasteiger partial charge in [-0.2, -0.15) is 0 Å². The zero-order valence-corrected chi connectivity index (χ0v) is 16.4. The van der Waals surface area contributed by atoms with Crippen LogP contribution in [-0.2, 0) is 17.6 Å². The molecule has 138 valence electrons. The summed E-state index contributed by atoms with van der Waals surface area (Å²) in [6.45, 7) is 0. The van der Waals surface area contributed by atoms with E-state index in [9.17, 15) is 9.59 Å². The fourth-order valence-corrected chi connectivity index (χ4v) is 5.40. The van der Waals surface area contributed by atoms with Crippen molar-refractivity contribution in [1.82, 2.24) is 0 Å². The number of nitrogens with one attached hydrogen (secondary N) is 1. The van der Waals surface area contributed by atoms with E-state index >= 15 is 0 Å². The number of nitrogens with two attached hydrogens (primary N) is 1. The van der Waals surface area contributed by atoms with E-state index in [0.29, 0.717) is 17.0 Å². The van der Waals surface area contributed by atoms with Crippen LogP contribution in [0.3, 0.4) is 0 Å². The lowest BCUT2D eigenvalue weighted by Crippen LogP contribution is -2.18. The molecule has 0 spiro atoms. The summed E-state index contributed by atoms with van der Waals surface area (Å²) >= 11 is 3.28. The highest BCUT2D eigenvalue weighted by Gasteiger charge is 2.24. The molecule has 1 aliphatic rings. The first kappa shape index (κ1) is 19.0. The molecule has 1 aliphatic carbocycles. The average Bonchev–Trinajstić information content (AvgIpc) is 2.80. The fourth-order valence-electron chi connectivity index (χ4n) is 3.22. The number of hydrogen-bond acceptors (Lipinski definition) is 4. The summed E-state index contributed by atoms with van der Waals surface area (Å²) < 4.78 is 0. The number of amides is 2. The van der Waals surface area contributed by atoms with Crippen LogP contribution in [0.1, 0.15) is 52.9 Å². The van der Waals surface area contributed by atoms with Gasteiger partial charge in [0.1, 0.15) is 5.00 Å². The molecule has 0 fully saturated rings. The van der Waals surface area contributed by atoms with Crippen molar-refractivity contribution in [3.05, 3.63) is 46.3 Å². The Morgan fingerprint density at radius 1 is 1.12 bits per heavy atom. The quantitative estimate of drug-likeness (QED) is 0.413. The summed E-state index contributed by atoms with van der Waals surface area (Å²) in [5, 5.41) is 3.58. The van der Waals surface area contributed by atoms with E-state index in [1.54, 1.807) is 11.8 Å². The number of carbonyl (C=O) groups excluding carboxylic acids is 2. The van der Waals surface area contributed by atoms with E-state index in [1.807, 2.05) is 18.2 Å². The van der Waals surface area contributed by atoms with Gasteiger partial charge in [-0.15, -0.1) is 23.1 Å². The number of thioether (sulfide) groups is 1. The van der Waals surface area contributed by atoms with Crippen LogP contribution in [0.4, 0.5) is 5.00 Å². The van der Waals surface area contributed by atoms with E-state index in [-0.39, 0.29) is 5.91 Å². The maximum Gasteiger partial charge on any atom is 0.251 e. The molecule has 2 amide bonds. The Bertz CT molecular complexity index is 772. The molecule has 2 aromatic rings. The molecule has 0 atom stereocenters. The van der Waals surface area contributed by atoms with Gasteiger partial charge in [0.25, 0.3) is 5.91 Å². The monoisotopic (exact) mass is 388 g/mol. The third-order valence-electron chi connectivity index (χ3n) is 4.48. The molecule has 0 unspecified atom stereocenters. The minimum atomic E-state index is -0.431. The lowest BCUT2D eigenvalue weighted by Gasteiger charge is -2.06. The Morgan fingerprint density at radius 3 is 2.65 bits per heavy atom. The fraction of sp³-hybridized carbons (Fsp3) is 0.400. The number of anilines is 1. The summed E-state index contributed by atoms with van der Waals surface area (Å²) in [5.41, 5.74) is 7.21. The van der Waals surface area contributed by atoms with Crippen molar-refractivity contribution < 1.29 is 9.59 Å². The number of fused-ring (bicyclic) bond motifs is 1. The van der Waals surface area contributed by atoms with Gasteiger partial charge in [-0.05, 0) is 55.6 Å². The molecule has 3 N–H and O–H groups in total. The lowest BCUT2D eigenvalue weighted by molar-refractivity contribution is -0.116. The molecule has 0 bridgehead atoms. The standard InChI is InChI=1S/C20H24N2O2S2/c21-19(24)18-15-10-5-2-6-11-16(15)26-20(18)22-17(23)12-7-13-25-14-8-3-1-4-9-14/h1,3-4,8-9H,2,5-7,10-13H2,(H2,21,24)(H,22,23). The Morgan fingerprint density at radius 2 is 1.88 bits per heavy atom. The van der Waals surface area contributed by atoms with Gasteiger partial charge >= 0.3 is 0 Å². The van der Waals surface area contributed by atoms with Crippen LogP contribution in [0.25, 0.3) is 0 Å². The van der Waals surface area contributed by atoms with Crippen molar-refractivity contribution in [2.45, 2.75) is 49.8 Å². The number of thiophene rings is 1. The topological polar surface area (TPSA) is 72.2 Å². The number of rotatable bonds is 7. The lowest BCUT2D eigenvalue weighted by atomic mass is 10.1. The van der Waals surface area contributed by atoms with Gasteiger partial charge in [0.2, 0.25) is 5.91 Å². The zero-order chi connectivity index (χ0) is 18.4. The molecular weight excluding hydrogens is 364 g/mol. The van der Waals surface area contributed by atoms with E-state index in [2.05, 4.69) is 17.4 Å². The highest BCUT2D eigenvalue weighted by atomic mass is 32.2. The third kappa shape index (κ3) is 4.89. The second-order valence-electron chi connectivity index (χ2n) is 6.45. The van der Waals surface area contributed by atoms with Crippen molar-refractivity contribution in [1.29, 1.82) is 0 Å². The second kappa shape index (κ2) is 9.24. The summed E-state index contributed by atoms with van der Waals surface area (Å²) in [6.07, 6.45) is 6.49. The SMILES string of the molecule is NC(=O)c1c(NC(=O)CCCSc2ccccc2)sc2c1CCCCC2. The maximum absolute atomic E-state index is 12.3. The third-order valence-corrected chi connectivity index (χ3v) is 6.79. The Hall–Kier alpha value is -1.79. The summed E-state index contributed by atoms with van der Waals surface area (Å²) in [7, 11) is 0. The predicted octanol–water partition coefficient (Wildman–Crippen LogP) is 4.63. The number of benzene rings is 1. The van der Waals surface area contributed by atoms with Gasteiger partial charge in [0.15, 0.2) is 0 Å². The minimum absolute atomic E-state index is 0.0439. The van der Waals surface area contributed by atoms with Crippen LogP contribution in [0.2, 0.25) is 0 Å². The van der Waals surface area contributed by atoms with Gasteiger partial charge in [0.05, 0.1) is 5.56 Å². The average molecular weight is 389 g/mol. The molecular formula is C20H24N2O2S2. The van der Waals surface area contributed by atoms with Crippen molar-refractivity contribution >= 4 is 39.9 Å². The highest BCUT2D eigenvalue weighted by Crippen LogP contribution is 2.37. The van der Waals surface area contributed by atoms with Crippen LogP contribution in [-0.4, -0.2) is 17.6 Å². The summed E-state index contributed by atoms with van der Waals surface area (Å²) in [4.78, 5) is 26.7. The van der Waals surface area contributed by atoms with Crippen LogP contribution < -0.4 is 11.1 Å². The van der Waals surface area contributed by atoms with Gasteiger partial charge in [-0.25, -0.2) is 0 Å². The van der Waals surface area contributed by atoms with E-state index in [4.69, 9.17) is 5.73 Å². The molecule has 1 heterocycles. The summed E-state index contributed by atoms with van der Waals surface area (Å²) in [5.74, 6) is 0.415. The Labute approximate surface area is 162 Å². The summed E-state index contributed by atoms with van der Waals surface area (Å²) in [6, 6.07) is 10.2. The highest BCUT2D eigenvalue weighted by molar-refractivity contribution is 7.99. The van der Waals surface area contributed by atoms with Crippen LogP contribution in [0.5, 0.6) is 0 Å². The van der Waals surface area contributed by atoms with Crippen molar-refractivity contribution in [2.75, 3.05) is 11.1 Å². The second-order valence-corrected chi connectivity index (χ2v) is 8.72. The van der Waals surface area contributed by atoms with Crippen LogP contribution in [0, 0.1) is 0 Å². The molecule has 4 nitrogen and oxygen atoms in total. The molecule has 3 rings (SSSR count). The molecule has 0 radical (unpaired) electrons. The largest absolute Gasteiger partial charge is 0.365 e. The number of aryl methyl sites for hydroxylation is 1. The number of hydrogen-bond donors (Lipinski definition) is 2. The van der Waals surface area contributed by atoms with E-state index < -0.39 is 5.91 Å². The van der Waals surface area contributed by atoms with Crippen molar-refractivity contribution in [2.24, 2.45) is 5.73 Å². The Balaban J connectivity index is 1.56. The van der Waals surface area contributed by atoms with E-state index in [1.165, 1.54) is 27.5 Å². The number of carbonyl (C=O) groups is 2. The van der Waals surface area contributed by atoms with Gasteiger partial charge in [0, 0.05) is 16.2 Å². The molecule has 0 saturated heterocycles. The maximum atomic E-state index is 12.3. The smallest absolute Gasteiger partial charge is 0.251 e. The first-order valence-electron chi connectivity index (χ1n) is 9.07. The molecule has 6 heteroatoms. The molecule has 0 aliphatic heterocycles. The number of primary amides is 1. The van der Waals surface area contributed by atoms with Gasteiger partial charge in [-0.3, -0.25) is 9.59 Å². The Kier molecular flexibility index (Phi) is 6.74. The van der Waals surface area contributed by atoms with Crippen molar-refractivity contribution in [3.8, 4) is 0 Å². The normalized spacial score (nSPS) is 13.7. The molecule has 26 heavy (non-hydrogen) atoms. The predicted molar refractivity (Wildman–Crippen MR) is 109 cm³/mol. The van der Waals surface area contributed by atoms with Crippen molar-refractivity contribution in [3.63, 3.8) is 0 Å². The molecule has 1 aromatic heterocycles. The zero-order valence-electron chi connectivity index (χ0n) is 14.8. The molecule has 0 saturated carbocycles. The van der Waals surface area contributed by atoms with Crippen LogP contribution >= 0.6 is 23.1 Å². The van der Waals surface area contributed by atoms with Gasteiger partial charge in [-0.1, -0.05) is 24.6 Å². The van der Waals surface area contributed by atoms with E-state index in [0.717, 1.165) is 43.4 Å². The van der Waals surface area contributed by atoms with Gasteiger partial charge < -0.3 is 11.1 Å². The first-order valence-corrected chi connectivity index (χ1v) is 10.9. The molecule has 1 aromatic carbocycles. The minimum Gasteiger partial charge on any atom is -0.365 e. The van der Waals surface area contributed by atoms with Crippen LogP contribution in [0.15, 0.2) is 35.2 Å².